The lowest BCUT2D eigenvalue weighted by molar-refractivity contribution is -0.122. The number of Topliss-reactive ketones (excluding diaryl/α,β-unsaturated/α-hetero) is 1. The maximum atomic E-state index is 13.4. The number of fused-ring (bicyclic) bond motifs is 1. The van der Waals surface area contributed by atoms with Crippen LogP contribution in [0.3, 0.4) is 0 Å². The summed E-state index contributed by atoms with van der Waals surface area (Å²) in [5.41, 5.74) is 1.16. The number of sulfone groups is 1. The molecule has 0 N–H and O–H groups in total. The summed E-state index contributed by atoms with van der Waals surface area (Å²) in [6, 6.07) is -0.543. The van der Waals surface area contributed by atoms with Crippen LogP contribution in [-0.2, 0) is 25.8 Å². The van der Waals surface area contributed by atoms with E-state index in [4.69, 9.17) is 4.74 Å². The molecule has 4 heterocycles. The van der Waals surface area contributed by atoms with E-state index in [1.54, 1.807) is 35.7 Å². The van der Waals surface area contributed by atoms with Crippen molar-refractivity contribution in [1.82, 2.24) is 24.7 Å². The molecule has 0 unspecified atom stereocenters. The van der Waals surface area contributed by atoms with Crippen molar-refractivity contribution >= 4 is 26.5 Å². The van der Waals surface area contributed by atoms with Crippen LogP contribution in [0.1, 0.15) is 43.8 Å². The zero-order chi connectivity index (χ0) is 22.1. The molecule has 5 rings (SSSR count). The molecule has 0 radical (unpaired) electrons. The van der Waals surface area contributed by atoms with Gasteiger partial charge >= 0.3 is 0 Å². The Bertz CT molecular complexity index is 1220. The monoisotopic (exact) mass is 455 g/mol. The van der Waals surface area contributed by atoms with Gasteiger partial charge in [-0.15, -0.1) is 0 Å². The van der Waals surface area contributed by atoms with Gasteiger partial charge in [0.1, 0.15) is 6.04 Å². The molecule has 0 aromatic carbocycles. The fourth-order valence-electron chi connectivity index (χ4n) is 4.35. The van der Waals surface area contributed by atoms with Crippen LogP contribution in [0.25, 0.3) is 10.9 Å². The van der Waals surface area contributed by atoms with Crippen LogP contribution in [0.2, 0.25) is 0 Å². The molecule has 3 aromatic rings. The van der Waals surface area contributed by atoms with E-state index in [1.165, 1.54) is 6.20 Å². The summed E-state index contributed by atoms with van der Waals surface area (Å²) in [6.07, 6.45) is 13.1. The molecule has 0 amide bonds. The predicted molar refractivity (Wildman–Crippen MR) is 116 cm³/mol. The van der Waals surface area contributed by atoms with E-state index in [0.29, 0.717) is 55.0 Å². The predicted octanol–water partition coefficient (Wildman–Crippen LogP) is 2.33. The second-order valence-corrected chi connectivity index (χ2v) is 10.7. The number of carbonyl (C=O) groups excluding carboxylic acids is 1. The van der Waals surface area contributed by atoms with Crippen LogP contribution in [0.4, 0.5) is 0 Å². The van der Waals surface area contributed by atoms with Gasteiger partial charge in [-0.2, -0.15) is 5.10 Å². The summed E-state index contributed by atoms with van der Waals surface area (Å²) < 4.78 is 32.9. The lowest BCUT2D eigenvalue weighted by Crippen LogP contribution is -2.27. The van der Waals surface area contributed by atoms with Gasteiger partial charge in [-0.05, 0) is 38.0 Å². The van der Waals surface area contributed by atoms with Crippen molar-refractivity contribution < 1.29 is 17.9 Å². The number of aromatic nitrogens is 5. The van der Waals surface area contributed by atoms with E-state index in [0.717, 1.165) is 12.8 Å². The first-order chi connectivity index (χ1) is 15.5. The van der Waals surface area contributed by atoms with Crippen molar-refractivity contribution in [1.29, 1.82) is 0 Å². The van der Waals surface area contributed by atoms with Crippen molar-refractivity contribution in [3.63, 3.8) is 0 Å². The van der Waals surface area contributed by atoms with Gasteiger partial charge in [-0.25, -0.2) is 8.42 Å². The summed E-state index contributed by atoms with van der Waals surface area (Å²) >= 11 is 0. The van der Waals surface area contributed by atoms with Gasteiger partial charge in [0.15, 0.2) is 15.6 Å². The van der Waals surface area contributed by atoms with E-state index < -0.39 is 15.9 Å². The lowest BCUT2D eigenvalue weighted by atomic mass is 9.90. The first kappa shape index (κ1) is 21.1. The number of nitrogens with zero attached hydrogens (tertiary/aromatic N) is 5. The molecule has 9 nitrogen and oxygen atoms in total. The van der Waals surface area contributed by atoms with Gasteiger partial charge in [-0.3, -0.25) is 24.4 Å². The summed E-state index contributed by atoms with van der Waals surface area (Å²) in [5, 5.41) is 4.69. The first-order valence-electron chi connectivity index (χ1n) is 10.9. The highest BCUT2D eigenvalue weighted by molar-refractivity contribution is 7.92. The van der Waals surface area contributed by atoms with Crippen molar-refractivity contribution in [3.05, 3.63) is 42.9 Å². The highest BCUT2D eigenvalue weighted by Crippen LogP contribution is 2.37. The van der Waals surface area contributed by atoms with Crippen LogP contribution in [-0.4, -0.2) is 57.4 Å². The van der Waals surface area contributed by atoms with Crippen molar-refractivity contribution in [3.8, 4) is 0 Å². The van der Waals surface area contributed by atoms with Crippen molar-refractivity contribution in [2.45, 2.75) is 54.7 Å². The molecule has 1 aliphatic heterocycles. The molecular formula is C22H25N5O4S. The van der Waals surface area contributed by atoms with Crippen LogP contribution < -0.4 is 0 Å². The van der Waals surface area contributed by atoms with E-state index in [1.807, 2.05) is 0 Å². The Hall–Kier alpha value is -2.72. The Kier molecular flexibility index (Phi) is 5.73. The minimum absolute atomic E-state index is 0.0301. The smallest absolute Gasteiger partial charge is 0.183 e. The van der Waals surface area contributed by atoms with Crippen molar-refractivity contribution in [2.24, 2.45) is 5.92 Å². The van der Waals surface area contributed by atoms with E-state index in [9.17, 15) is 13.2 Å². The zero-order valence-corrected chi connectivity index (χ0v) is 18.4. The Morgan fingerprint density at radius 3 is 2.59 bits per heavy atom. The second kappa shape index (κ2) is 8.67. The van der Waals surface area contributed by atoms with Crippen LogP contribution in [0.15, 0.2) is 42.1 Å². The highest BCUT2D eigenvalue weighted by Gasteiger charge is 2.38. The second-order valence-electron chi connectivity index (χ2n) is 8.55. The van der Waals surface area contributed by atoms with Crippen LogP contribution in [0.5, 0.6) is 0 Å². The molecule has 2 aliphatic rings. The Morgan fingerprint density at radius 2 is 1.88 bits per heavy atom. The number of carbonyl (C=O) groups is 1. The molecule has 0 bridgehead atoms. The van der Waals surface area contributed by atoms with Gasteiger partial charge < -0.3 is 4.74 Å². The van der Waals surface area contributed by atoms with E-state index >= 15 is 0 Å². The minimum atomic E-state index is -3.44. The molecule has 1 saturated carbocycles. The lowest BCUT2D eigenvalue weighted by Gasteiger charge is -2.26. The molecule has 0 spiro atoms. The van der Waals surface area contributed by atoms with Gasteiger partial charge in [0.25, 0.3) is 0 Å². The quantitative estimate of drug-likeness (QED) is 0.508. The highest BCUT2D eigenvalue weighted by atomic mass is 32.2. The topological polar surface area (TPSA) is 117 Å². The standard InChI is InChI=1S/C22H25N5O4S/c28-21(10-16-11-23-5-6-25-16)19(9-15-3-7-31-8-4-15)27-20-13-24-14-22(18(20)12-26-27)32(29,30)17-1-2-17/h5-6,11-15,17,19H,1-4,7-10H2/t19-/m1/s1. The molecule has 1 saturated heterocycles. The first-order valence-corrected chi connectivity index (χ1v) is 12.5. The fourth-order valence-corrected chi connectivity index (χ4v) is 6.14. The van der Waals surface area contributed by atoms with Gasteiger partial charge in [0.2, 0.25) is 0 Å². The number of ether oxygens (including phenoxy) is 1. The molecule has 1 atom stereocenters. The number of hydrogen-bond donors (Lipinski definition) is 0. The molecule has 32 heavy (non-hydrogen) atoms. The zero-order valence-electron chi connectivity index (χ0n) is 17.6. The molecular weight excluding hydrogens is 430 g/mol. The largest absolute Gasteiger partial charge is 0.381 e. The van der Waals surface area contributed by atoms with E-state index in [-0.39, 0.29) is 22.3 Å². The van der Waals surface area contributed by atoms with Gasteiger partial charge in [0, 0.05) is 43.4 Å². The third-order valence-corrected chi connectivity index (χ3v) is 8.58. The van der Waals surface area contributed by atoms with Gasteiger partial charge in [-0.1, -0.05) is 0 Å². The average Bonchev–Trinajstić information content (AvgIpc) is 3.59. The minimum Gasteiger partial charge on any atom is -0.381 e. The number of pyridine rings is 1. The normalized spacial score (nSPS) is 18.6. The van der Waals surface area contributed by atoms with Crippen LogP contribution >= 0.6 is 0 Å². The Balaban J connectivity index is 1.52. The summed E-state index contributed by atoms with van der Waals surface area (Å²) in [4.78, 5) is 26.1. The molecule has 3 aromatic heterocycles. The summed E-state index contributed by atoms with van der Waals surface area (Å²) in [6.45, 7) is 1.36. The Labute approximate surface area is 186 Å². The SMILES string of the molecule is O=C(Cc1cnccn1)[C@@H](CC1CCOCC1)n1ncc2c(S(=O)(=O)C3CC3)cncc21. The maximum absolute atomic E-state index is 13.4. The number of rotatable bonds is 8. The molecule has 10 heteroatoms. The molecule has 168 valence electrons. The summed E-state index contributed by atoms with van der Waals surface area (Å²) in [7, 11) is -3.44. The third kappa shape index (κ3) is 4.16. The van der Waals surface area contributed by atoms with E-state index in [2.05, 4.69) is 20.1 Å². The number of hydrogen-bond acceptors (Lipinski definition) is 8. The maximum Gasteiger partial charge on any atom is 0.183 e. The third-order valence-electron chi connectivity index (χ3n) is 6.29. The summed E-state index contributed by atoms with van der Waals surface area (Å²) in [5.74, 6) is 0.294. The fraction of sp³-hybridized carbons (Fsp3) is 0.500. The number of ketones is 1. The molecule has 1 aliphatic carbocycles. The Morgan fingerprint density at radius 1 is 1.06 bits per heavy atom. The van der Waals surface area contributed by atoms with Crippen LogP contribution in [0, 0.1) is 5.92 Å². The van der Waals surface area contributed by atoms with Crippen molar-refractivity contribution in [2.75, 3.05) is 13.2 Å². The molecule has 2 fully saturated rings. The van der Waals surface area contributed by atoms with Gasteiger partial charge in [0.05, 0.1) is 40.2 Å². The average molecular weight is 456 g/mol.